The predicted octanol–water partition coefficient (Wildman–Crippen LogP) is 6.00. The van der Waals surface area contributed by atoms with Crippen LogP contribution in [-0.4, -0.2) is 49.4 Å². The number of rotatable bonds is 10. The van der Waals surface area contributed by atoms with E-state index in [0.29, 0.717) is 28.1 Å². The molecular weight excluding hydrogens is 597 g/mol. The number of anilines is 2. The molecule has 5 rings (SSSR count). The van der Waals surface area contributed by atoms with Crippen molar-refractivity contribution in [1.29, 1.82) is 0 Å². The number of aryl methyl sites for hydroxylation is 1. The number of benzene rings is 3. The maximum Gasteiger partial charge on any atom is 0.573 e. The summed E-state index contributed by atoms with van der Waals surface area (Å²) in [6.07, 6.45) is -4.64. The zero-order valence-electron chi connectivity index (χ0n) is 23.9. The van der Waals surface area contributed by atoms with Gasteiger partial charge in [0.15, 0.2) is 11.0 Å². The van der Waals surface area contributed by atoms with Gasteiger partial charge in [-0.3, -0.25) is 9.69 Å². The summed E-state index contributed by atoms with van der Waals surface area (Å²) in [6.45, 7) is 6.14. The number of alkyl halides is 3. The number of nitrogens with one attached hydrogen (secondary N) is 1. The van der Waals surface area contributed by atoms with Crippen molar-refractivity contribution in [2.24, 2.45) is 4.99 Å². The van der Waals surface area contributed by atoms with Gasteiger partial charge >= 0.3 is 6.36 Å². The highest BCUT2D eigenvalue weighted by Gasteiger charge is 2.32. The molecule has 1 saturated heterocycles. The lowest BCUT2D eigenvalue weighted by molar-refractivity contribution is -0.274. The zero-order valence-corrected chi connectivity index (χ0v) is 24.8. The van der Waals surface area contributed by atoms with E-state index in [2.05, 4.69) is 39.0 Å². The summed E-state index contributed by atoms with van der Waals surface area (Å²) in [5, 5.41) is 18.3. The first-order valence-corrected chi connectivity index (χ1v) is 14.5. The van der Waals surface area contributed by atoms with Gasteiger partial charge in [-0.05, 0) is 78.6 Å². The van der Waals surface area contributed by atoms with E-state index >= 15 is 0 Å². The molecule has 0 radical (unpaired) electrons. The molecule has 0 bridgehead atoms. The third-order valence-corrected chi connectivity index (χ3v) is 7.38. The SMILES string of the molecule is Cc1ccc(C(C)C)c(N2C(=O)CS/C2=N\C(O)Nc2ccc(OCc3ncn(-c4ccc(OC(F)(F)F)cc4)n3)cc2)c1. The zero-order chi connectivity index (χ0) is 31.4. The fraction of sp³-hybridized carbons (Fsp3) is 0.267. The summed E-state index contributed by atoms with van der Waals surface area (Å²) in [5.41, 5.74) is 3.89. The highest BCUT2D eigenvalue weighted by molar-refractivity contribution is 8.15. The molecule has 4 aromatic rings. The van der Waals surface area contributed by atoms with Gasteiger partial charge in [0.2, 0.25) is 12.3 Å². The minimum atomic E-state index is -4.76. The average Bonchev–Trinajstić information content (AvgIpc) is 3.58. The first-order chi connectivity index (χ1) is 20.9. The molecule has 10 nitrogen and oxygen atoms in total. The lowest BCUT2D eigenvalue weighted by Crippen LogP contribution is -2.32. The molecule has 0 saturated carbocycles. The molecule has 1 atom stereocenters. The minimum Gasteiger partial charge on any atom is -0.486 e. The van der Waals surface area contributed by atoms with Crippen molar-refractivity contribution in [3.05, 3.63) is 90.0 Å². The quantitative estimate of drug-likeness (QED) is 0.206. The van der Waals surface area contributed by atoms with Crippen LogP contribution in [0.3, 0.4) is 0 Å². The van der Waals surface area contributed by atoms with E-state index in [-0.39, 0.29) is 29.9 Å². The topological polar surface area (TPSA) is 114 Å². The predicted molar refractivity (Wildman–Crippen MR) is 161 cm³/mol. The van der Waals surface area contributed by atoms with E-state index in [9.17, 15) is 23.1 Å². The van der Waals surface area contributed by atoms with Gasteiger partial charge in [0.25, 0.3) is 0 Å². The van der Waals surface area contributed by atoms with Gasteiger partial charge in [0.1, 0.15) is 24.4 Å². The molecule has 1 aromatic heterocycles. The van der Waals surface area contributed by atoms with Crippen LogP contribution in [0.1, 0.15) is 36.7 Å². The van der Waals surface area contributed by atoms with Crippen molar-refractivity contribution in [2.45, 2.75) is 46.0 Å². The molecule has 2 N–H and O–H groups in total. The number of aliphatic hydroxyl groups excluding tert-OH is 1. The summed E-state index contributed by atoms with van der Waals surface area (Å²) < 4.78 is 48.1. The second-order valence-electron chi connectivity index (χ2n) is 10.1. The van der Waals surface area contributed by atoms with Crippen molar-refractivity contribution in [1.82, 2.24) is 14.8 Å². The molecule has 1 aliphatic rings. The van der Waals surface area contributed by atoms with Crippen molar-refractivity contribution in [3.63, 3.8) is 0 Å². The molecule has 3 aromatic carbocycles. The first kappa shape index (κ1) is 30.9. The Bertz CT molecular complexity index is 1640. The van der Waals surface area contributed by atoms with Gasteiger partial charge in [-0.2, -0.15) is 0 Å². The standard InChI is InChI=1S/C30H29F3N6O4S/c1-18(2)24-13-4-19(3)14-25(24)39-27(40)16-44-29(39)36-28(41)35-20-5-9-22(10-6-20)42-15-26-34-17-38(37-26)21-7-11-23(12-8-21)43-30(31,32)33/h4-14,17-18,28,35,41H,15-16H2,1-3H3/b36-29-. The molecule has 1 amide bonds. The average molecular weight is 627 g/mol. The number of hydrogen-bond donors (Lipinski definition) is 2. The largest absolute Gasteiger partial charge is 0.573 e. The highest BCUT2D eigenvalue weighted by Crippen LogP contribution is 2.34. The minimum absolute atomic E-state index is 0.0454. The highest BCUT2D eigenvalue weighted by atomic mass is 32.2. The van der Waals surface area contributed by atoms with Crippen LogP contribution in [0.5, 0.6) is 11.5 Å². The Balaban J connectivity index is 1.18. The molecule has 0 aliphatic carbocycles. The van der Waals surface area contributed by atoms with Gasteiger partial charge in [0.05, 0.1) is 17.1 Å². The van der Waals surface area contributed by atoms with E-state index in [1.54, 1.807) is 29.2 Å². The van der Waals surface area contributed by atoms with Crippen LogP contribution in [0.2, 0.25) is 0 Å². The molecular formula is C30H29F3N6O4S. The third kappa shape index (κ3) is 7.68. The molecule has 14 heteroatoms. The molecule has 1 fully saturated rings. The smallest absolute Gasteiger partial charge is 0.486 e. The fourth-order valence-electron chi connectivity index (χ4n) is 4.40. The van der Waals surface area contributed by atoms with E-state index in [1.165, 1.54) is 47.0 Å². The molecule has 230 valence electrons. The van der Waals surface area contributed by atoms with Crippen LogP contribution >= 0.6 is 11.8 Å². The molecule has 2 heterocycles. The number of thioether (sulfide) groups is 1. The number of aliphatic imine (C=N–C) groups is 1. The number of amides is 1. The van der Waals surface area contributed by atoms with Crippen LogP contribution in [0.15, 0.2) is 78.0 Å². The van der Waals surface area contributed by atoms with Crippen LogP contribution in [-0.2, 0) is 11.4 Å². The van der Waals surface area contributed by atoms with Crippen LogP contribution < -0.4 is 19.7 Å². The first-order valence-electron chi connectivity index (χ1n) is 13.5. The van der Waals surface area contributed by atoms with E-state index in [0.717, 1.165) is 16.8 Å². The van der Waals surface area contributed by atoms with Gasteiger partial charge < -0.3 is 19.9 Å². The van der Waals surface area contributed by atoms with Gasteiger partial charge in [-0.15, -0.1) is 18.3 Å². The summed E-state index contributed by atoms with van der Waals surface area (Å²) in [5.74, 6) is 0.881. The van der Waals surface area contributed by atoms with E-state index in [4.69, 9.17) is 4.74 Å². The van der Waals surface area contributed by atoms with Gasteiger partial charge in [0, 0.05) is 5.69 Å². The Hall–Kier alpha value is -4.56. The Morgan fingerprint density at radius 1 is 1.07 bits per heavy atom. The number of hydrogen-bond acceptors (Lipinski definition) is 9. The van der Waals surface area contributed by atoms with Crippen molar-refractivity contribution < 1.29 is 32.5 Å². The maximum absolute atomic E-state index is 12.8. The van der Waals surface area contributed by atoms with Gasteiger partial charge in [-0.1, -0.05) is 37.7 Å². The molecule has 44 heavy (non-hydrogen) atoms. The summed E-state index contributed by atoms with van der Waals surface area (Å²) in [7, 11) is 0. The maximum atomic E-state index is 12.8. The number of carbonyl (C=O) groups excluding carboxylic acids is 1. The Morgan fingerprint density at radius 2 is 1.77 bits per heavy atom. The van der Waals surface area contributed by atoms with Crippen LogP contribution in [0.25, 0.3) is 5.69 Å². The molecule has 0 spiro atoms. The summed E-state index contributed by atoms with van der Waals surface area (Å²) in [4.78, 5) is 22.9. The van der Waals surface area contributed by atoms with Crippen LogP contribution in [0.4, 0.5) is 24.5 Å². The van der Waals surface area contributed by atoms with Crippen LogP contribution in [0, 0.1) is 6.92 Å². The number of aliphatic hydroxyl groups is 1. The number of halogens is 3. The molecule has 1 unspecified atom stereocenters. The van der Waals surface area contributed by atoms with E-state index < -0.39 is 12.7 Å². The normalized spacial score (nSPS) is 15.2. The lowest BCUT2D eigenvalue weighted by Gasteiger charge is -2.23. The third-order valence-electron chi connectivity index (χ3n) is 6.44. The van der Waals surface area contributed by atoms with E-state index in [1.807, 2.05) is 25.1 Å². The Labute approximate surface area is 255 Å². The number of aromatic nitrogens is 3. The monoisotopic (exact) mass is 626 g/mol. The molecule has 1 aliphatic heterocycles. The summed E-state index contributed by atoms with van der Waals surface area (Å²) in [6, 6.07) is 18.0. The number of amidine groups is 1. The second-order valence-corrected chi connectivity index (χ2v) is 11.1. The number of nitrogens with zero attached hydrogens (tertiary/aromatic N) is 5. The van der Waals surface area contributed by atoms with Gasteiger partial charge in [-0.25, -0.2) is 14.7 Å². The van der Waals surface area contributed by atoms with Crippen molar-refractivity contribution in [2.75, 3.05) is 16.0 Å². The number of carbonyl (C=O) groups is 1. The Morgan fingerprint density at radius 3 is 2.45 bits per heavy atom. The van der Waals surface area contributed by atoms with Crippen molar-refractivity contribution in [3.8, 4) is 17.2 Å². The number of ether oxygens (including phenoxy) is 2. The van der Waals surface area contributed by atoms with Crippen molar-refractivity contribution >= 4 is 34.2 Å². The lowest BCUT2D eigenvalue weighted by atomic mass is 9.99. The fourth-order valence-corrected chi connectivity index (χ4v) is 5.28. The second kappa shape index (κ2) is 13.0. The summed E-state index contributed by atoms with van der Waals surface area (Å²) >= 11 is 1.27. The Kier molecular flexibility index (Phi) is 9.11.